The second-order valence-corrected chi connectivity index (χ2v) is 6.10. The molecule has 2 bridgehead atoms. The number of ether oxygens (including phenoxy) is 3. The van der Waals surface area contributed by atoms with Crippen LogP contribution in [0.25, 0.3) is 0 Å². The molecule has 0 unspecified atom stereocenters. The summed E-state index contributed by atoms with van der Waals surface area (Å²) in [5.74, 6) is -1.67. The van der Waals surface area contributed by atoms with Crippen LogP contribution in [0.15, 0.2) is 36.7 Å². The molecule has 0 N–H and O–H groups in total. The summed E-state index contributed by atoms with van der Waals surface area (Å²) in [6, 6.07) is 3.40. The van der Waals surface area contributed by atoms with E-state index < -0.39 is 29.8 Å². The summed E-state index contributed by atoms with van der Waals surface area (Å²) in [6.45, 7) is 0.917. The van der Waals surface area contributed by atoms with Crippen LogP contribution in [0.1, 0.15) is 0 Å². The number of amides is 2. The van der Waals surface area contributed by atoms with E-state index in [0.717, 1.165) is 0 Å². The molecule has 3 saturated heterocycles. The zero-order valence-electron chi connectivity index (χ0n) is 12.1. The maximum Gasteiger partial charge on any atom is 0.241 e. The van der Waals surface area contributed by atoms with Crippen molar-refractivity contribution in [2.24, 2.45) is 11.8 Å². The third-order valence-electron chi connectivity index (χ3n) is 4.97. The van der Waals surface area contributed by atoms with Gasteiger partial charge in [-0.2, -0.15) is 0 Å². The van der Waals surface area contributed by atoms with E-state index in [9.17, 15) is 9.59 Å². The van der Waals surface area contributed by atoms with Gasteiger partial charge in [-0.3, -0.25) is 14.6 Å². The number of hydrogen-bond donors (Lipinski definition) is 0. The van der Waals surface area contributed by atoms with Crippen molar-refractivity contribution in [2.45, 2.75) is 18.0 Å². The fourth-order valence-corrected chi connectivity index (χ4v) is 4.07. The lowest BCUT2D eigenvalue weighted by Gasteiger charge is -2.32. The number of fused-ring (bicyclic) bond motifs is 5. The Hall–Kier alpha value is -2.09. The van der Waals surface area contributed by atoms with Gasteiger partial charge in [-0.15, -0.1) is 0 Å². The van der Waals surface area contributed by atoms with Crippen molar-refractivity contribution in [3.05, 3.63) is 36.7 Å². The summed E-state index contributed by atoms with van der Waals surface area (Å²) < 4.78 is 17.2. The highest BCUT2D eigenvalue weighted by molar-refractivity contribution is 6.23. The molecular formula is C16H14N2O5. The predicted molar refractivity (Wildman–Crippen MR) is 76.1 cm³/mol. The van der Waals surface area contributed by atoms with Crippen LogP contribution in [0.3, 0.4) is 0 Å². The summed E-state index contributed by atoms with van der Waals surface area (Å²) in [7, 11) is 0. The van der Waals surface area contributed by atoms with Crippen molar-refractivity contribution in [1.82, 2.24) is 4.98 Å². The van der Waals surface area contributed by atoms with E-state index in [1.54, 1.807) is 18.3 Å². The van der Waals surface area contributed by atoms with Gasteiger partial charge in [0.2, 0.25) is 11.8 Å². The Labute approximate surface area is 131 Å². The standard InChI is InChI=1S/C16H14N2O5/c19-13-11-10-3-4-16(23-10,15-21-6-7-22-15)12(11)14(20)18(13)9-2-1-5-17-8-9/h1-5,8,10-12,15H,6-7H2/t10-,11+,12-,16-/m1/s1. The van der Waals surface area contributed by atoms with Gasteiger partial charge in [-0.25, -0.2) is 4.90 Å². The van der Waals surface area contributed by atoms with Gasteiger partial charge in [0.15, 0.2) is 11.9 Å². The summed E-state index contributed by atoms with van der Waals surface area (Å²) >= 11 is 0. The number of hydrogen-bond acceptors (Lipinski definition) is 6. The molecule has 7 nitrogen and oxygen atoms in total. The zero-order valence-corrected chi connectivity index (χ0v) is 12.1. The average molecular weight is 314 g/mol. The first-order chi connectivity index (χ1) is 11.2. The first kappa shape index (κ1) is 13.4. The van der Waals surface area contributed by atoms with Gasteiger partial charge in [-0.1, -0.05) is 6.08 Å². The number of anilines is 1. The number of nitrogens with zero attached hydrogens (tertiary/aromatic N) is 2. The molecule has 4 aliphatic heterocycles. The highest BCUT2D eigenvalue weighted by Gasteiger charge is 2.71. The van der Waals surface area contributed by atoms with E-state index in [4.69, 9.17) is 14.2 Å². The molecule has 1 aromatic heterocycles. The first-order valence-corrected chi connectivity index (χ1v) is 7.60. The molecule has 118 valence electrons. The minimum absolute atomic E-state index is 0.248. The smallest absolute Gasteiger partial charge is 0.241 e. The molecule has 0 saturated carbocycles. The van der Waals surface area contributed by atoms with Gasteiger partial charge < -0.3 is 14.2 Å². The topological polar surface area (TPSA) is 78.0 Å². The minimum Gasteiger partial charge on any atom is -0.357 e. The maximum atomic E-state index is 13.0. The number of rotatable bonds is 2. The van der Waals surface area contributed by atoms with Crippen LogP contribution in [0, 0.1) is 11.8 Å². The lowest BCUT2D eigenvalue weighted by Crippen LogP contribution is -2.49. The van der Waals surface area contributed by atoms with Crippen molar-refractivity contribution in [3.8, 4) is 0 Å². The van der Waals surface area contributed by atoms with Gasteiger partial charge >= 0.3 is 0 Å². The summed E-state index contributed by atoms with van der Waals surface area (Å²) in [5.41, 5.74) is -0.519. The van der Waals surface area contributed by atoms with Crippen LogP contribution in [0.2, 0.25) is 0 Å². The van der Waals surface area contributed by atoms with Crippen molar-refractivity contribution < 1.29 is 23.8 Å². The van der Waals surface area contributed by atoms with Crippen LogP contribution in [0.5, 0.6) is 0 Å². The molecule has 0 aliphatic carbocycles. The van der Waals surface area contributed by atoms with Gasteiger partial charge in [0.05, 0.1) is 43.0 Å². The lowest BCUT2D eigenvalue weighted by molar-refractivity contribution is -0.180. The zero-order chi connectivity index (χ0) is 15.6. The quantitative estimate of drug-likeness (QED) is 0.576. The van der Waals surface area contributed by atoms with E-state index in [1.165, 1.54) is 11.1 Å². The van der Waals surface area contributed by atoms with E-state index in [-0.39, 0.29) is 11.8 Å². The lowest BCUT2D eigenvalue weighted by atomic mass is 9.76. The Morgan fingerprint density at radius 1 is 1.22 bits per heavy atom. The van der Waals surface area contributed by atoms with E-state index in [1.807, 2.05) is 12.2 Å². The third kappa shape index (κ3) is 1.56. The largest absolute Gasteiger partial charge is 0.357 e. The number of carbonyl (C=O) groups excluding carboxylic acids is 2. The predicted octanol–water partition coefficient (Wildman–Crippen LogP) is 0.267. The molecule has 5 heterocycles. The number of aromatic nitrogens is 1. The molecule has 0 aromatic carbocycles. The normalized spacial score (nSPS) is 38.8. The van der Waals surface area contributed by atoms with E-state index >= 15 is 0 Å². The first-order valence-electron chi connectivity index (χ1n) is 7.60. The third-order valence-corrected chi connectivity index (χ3v) is 4.97. The minimum atomic E-state index is -1.00. The molecule has 23 heavy (non-hydrogen) atoms. The summed E-state index contributed by atoms with van der Waals surface area (Å²) in [4.78, 5) is 31.0. The molecule has 3 fully saturated rings. The number of pyridine rings is 1. The second-order valence-electron chi connectivity index (χ2n) is 6.10. The Bertz CT molecular complexity index is 714. The summed E-state index contributed by atoms with van der Waals surface area (Å²) in [5, 5.41) is 0. The molecule has 1 aromatic rings. The van der Waals surface area contributed by atoms with Gasteiger partial charge in [-0.05, 0) is 18.2 Å². The van der Waals surface area contributed by atoms with Crippen LogP contribution < -0.4 is 4.90 Å². The number of carbonyl (C=O) groups is 2. The molecule has 4 aliphatic rings. The molecule has 4 atom stereocenters. The van der Waals surface area contributed by atoms with Crippen molar-refractivity contribution in [2.75, 3.05) is 18.1 Å². The van der Waals surface area contributed by atoms with Crippen LogP contribution in [-0.2, 0) is 23.8 Å². The molecule has 2 amide bonds. The maximum absolute atomic E-state index is 13.0. The van der Waals surface area contributed by atoms with Crippen LogP contribution >= 0.6 is 0 Å². The van der Waals surface area contributed by atoms with Gasteiger partial charge in [0.1, 0.15) is 0 Å². The Morgan fingerprint density at radius 2 is 2.04 bits per heavy atom. The molecule has 0 radical (unpaired) electrons. The van der Waals surface area contributed by atoms with E-state index in [0.29, 0.717) is 18.9 Å². The van der Waals surface area contributed by atoms with Crippen LogP contribution in [0.4, 0.5) is 5.69 Å². The molecule has 0 spiro atoms. The fourth-order valence-electron chi connectivity index (χ4n) is 4.07. The average Bonchev–Trinajstić information content (AvgIpc) is 3.32. The molecular weight excluding hydrogens is 300 g/mol. The Balaban J connectivity index is 1.58. The summed E-state index contributed by atoms with van der Waals surface area (Å²) in [6.07, 6.45) is 5.72. The Kier molecular flexibility index (Phi) is 2.60. The second kappa shape index (κ2) is 4.47. The highest BCUT2D eigenvalue weighted by atomic mass is 16.7. The van der Waals surface area contributed by atoms with Gasteiger partial charge in [0, 0.05) is 6.20 Å². The molecule has 7 heteroatoms. The monoisotopic (exact) mass is 314 g/mol. The van der Waals surface area contributed by atoms with Gasteiger partial charge in [0.25, 0.3) is 0 Å². The SMILES string of the molecule is O=C1[C@H]2[C@H]3C=C[C@@](C4OCCO4)(O3)[C@H]2C(=O)N1c1cccnc1. The number of imide groups is 1. The van der Waals surface area contributed by atoms with Crippen molar-refractivity contribution in [1.29, 1.82) is 0 Å². The van der Waals surface area contributed by atoms with Crippen molar-refractivity contribution in [3.63, 3.8) is 0 Å². The Morgan fingerprint density at radius 3 is 2.78 bits per heavy atom. The van der Waals surface area contributed by atoms with Crippen LogP contribution in [-0.4, -0.2) is 48.0 Å². The van der Waals surface area contributed by atoms with E-state index in [2.05, 4.69) is 4.98 Å². The molecule has 5 rings (SSSR count). The highest BCUT2D eigenvalue weighted by Crippen LogP contribution is 2.54. The fraction of sp³-hybridized carbons (Fsp3) is 0.438. The van der Waals surface area contributed by atoms with Crippen molar-refractivity contribution >= 4 is 17.5 Å².